The topological polar surface area (TPSA) is 12.5 Å². The molecule has 0 bridgehead atoms. The highest BCUT2D eigenvalue weighted by molar-refractivity contribution is 5.37. The fourth-order valence-corrected chi connectivity index (χ4v) is 3.36. The largest absolute Gasteiger partial charge is 0.489 e. The highest BCUT2D eigenvalue weighted by atomic mass is 16.5. The molecule has 0 saturated heterocycles. The maximum atomic E-state index is 6.06. The summed E-state index contributed by atoms with van der Waals surface area (Å²) >= 11 is 0. The van der Waals surface area contributed by atoms with Crippen LogP contribution in [0.25, 0.3) is 0 Å². The lowest BCUT2D eigenvalue weighted by atomic mass is 10.1. The third-order valence-corrected chi connectivity index (χ3v) is 4.25. The Balaban J connectivity index is 1.86. The molecule has 1 fully saturated rings. The Bertz CT molecular complexity index is 423. The van der Waals surface area contributed by atoms with E-state index in [1.54, 1.807) is 0 Å². The molecule has 1 saturated carbocycles. The van der Waals surface area contributed by atoms with Crippen molar-refractivity contribution in [3.63, 3.8) is 0 Å². The first-order chi connectivity index (χ1) is 8.72. The van der Waals surface area contributed by atoms with Gasteiger partial charge in [0.15, 0.2) is 0 Å². The second kappa shape index (κ2) is 4.93. The van der Waals surface area contributed by atoms with Gasteiger partial charge in [0.1, 0.15) is 11.9 Å². The number of aryl methyl sites for hydroxylation is 1. The van der Waals surface area contributed by atoms with Gasteiger partial charge in [-0.25, -0.2) is 0 Å². The van der Waals surface area contributed by atoms with E-state index < -0.39 is 0 Å². The van der Waals surface area contributed by atoms with Gasteiger partial charge in [0, 0.05) is 24.7 Å². The number of fused-ring (bicyclic) bond motifs is 1. The Morgan fingerprint density at radius 1 is 1.22 bits per heavy atom. The second-order valence-corrected chi connectivity index (χ2v) is 5.91. The van der Waals surface area contributed by atoms with Gasteiger partial charge in [-0.15, -0.1) is 0 Å². The summed E-state index contributed by atoms with van der Waals surface area (Å²) in [5, 5.41) is 0. The summed E-state index contributed by atoms with van der Waals surface area (Å²) in [5.41, 5.74) is 2.70. The summed E-state index contributed by atoms with van der Waals surface area (Å²) in [6.07, 6.45) is 5.84. The zero-order valence-electron chi connectivity index (χ0n) is 11.5. The van der Waals surface area contributed by atoms with Crippen LogP contribution in [0.4, 0.5) is 0 Å². The van der Waals surface area contributed by atoms with Crippen molar-refractivity contribution in [3.05, 3.63) is 29.3 Å². The van der Waals surface area contributed by atoms with Crippen molar-refractivity contribution in [2.24, 2.45) is 0 Å². The van der Waals surface area contributed by atoms with Crippen LogP contribution >= 0.6 is 0 Å². The maximum Gasteiger partial charge on any atom is 0.124 e. The first-order valence-electron chi connectivity index (χ1n) is 7.22. The van der Waals surface area contributed by atoms with Crippen molar-refractivity contribution in [2.75, 3.05) is 6.54 Å². The van der Waals surface area contributed by atoms with Crippen molar-refractivity contribution in [2.45, 2.75) is 58.2 Å². The van der Waals surface area contributed by atoms with E-state index in [4.69, 9.17) is 4.74 Å². The maximum absolute atomic E-state index is 6.06. The Hall–Kier alpha value is -1.02. The Morgan fingerprint density at radius 2 is 2.00 bits per heavy atom. The van der Waals surface area contributed by atoms with Crippen molar-refractivity contribution in [3.8, 4) is 5.75 Å². The van der Waals surface area contributed by atoms with Crippen molar-refractivity contribution < 1.29 is 4.74 Å². The molecule has 2 heteroatoms. The molecule has 1 aromatic rings. The molecular formula is C16H23NO. The lowest BCUT2D eigenvalue weighted by molar-refractivity contribution is 0.126. The molecule has 1 heterocycles. The first-order valence-corrected chi connectivity index (χ1v) is 7.22. The highest BCUT2D eigenvalue weighted by Gasteiger charge is 2.27. The van der Waals surface area contributed by atoms with Gasteiger partial charge in [0.25, 0.3) is 0 Å². The summed E-state index contributed by atoms with van der Waals surface area (Å²) < 4.78 is 6.06. The van der Waals surface area contributed by atoms with Crippen LogP contribution in [0.2, 0.25) is 0 Å². The molecule has 0 N–H and O–H groups in total. The predicted octanol–water partition coefficient (Wildman–Crippen LogP) is 3.52. The molecule has 1 aliphatic carbocycles. The summed E-state index contributed by atoms with van der Waals surface area (Å²) in [5.74, 6) is 1.09. The molecule has 0 spiro atoms. The molecule has 1 aliphatic heterocycles. The van der Waals surface area contributed by atoms with E-state index in [-0.39, 0.29) is 0 Å². The summed E-state index contributed by atoms with van der Waals surface area (Å²) in [6, 6.07) is 7.35. The number of nitrogens with zero attached hydrogens (tertiary/aromatic N) is 1. The van der Waals surface area contributed by atoms with Gasteiger partial charge in [-0.1, -0.05) is 30.5 Å². The quantitative estimate of drug-likeness (QED) is 0.750. The van der Waals surface area contributed by atoms with Crippen molar-refractivity contribution in [1.29, 1.82) is 0 Å². The lowest BCUT2D eigenvalue weighted by Gasteiger charge is -2.28. The van der Waals surface area contributed by atoms with Crippen LogP contribution in [-0.4, -0.2) is 23.6 Å². The van der Waals surface area contributed by atoms with Gasteiger partial charge in [-0.3, -0.25) is 4.90 Å². The van der Waals surface area contributed by atoms with Gasteiger partial charge in [0.2, 0.25) is 0 Å². The second-order valence-electron chi connectivity index (χ2n) is 5.91. The molecule has 1 unspecified atom stereocenters. The standard InChI is InChI=1S/C16H23NO/c1-12-7-8-16-14(9-12)11-17(10-13(2)18-16)15-5-3-4-6-15/h7-9,13,15H,3-6,10-11H2,1-2H3. The van der Waals surface area contributed by atoms with Crippen LogP contribution in [0, 0.1) is 6.92 Å². The van der Waals surface area contributed by atoms with Gasteiger partial charge in [0.05, 0.1) is 0 Å². The number of benzene rings is 1. The lowest BCUT2D eigenvalue weighted by Crippen LogP contribution is -2.37. The zero-order chi connectivity index (χ0) is 12.5. The minimum absolute atomic E-state index is 0.301. The number of ether oxygens (including phenoxy) is 1. The minimum atomic E-state index is 0.301. The molecule has 3 rings (SSSR count). The molecule has 1 atom stereocenters. The Labute approximate surface area is 110 Å². The smallest absolute Gasteiger partial charge is 0.124 e. The van der Waals surface area contributed by atoms with Gasteiger partial charge in [-0.2, -0.15) is 0 Å². The Kier molecular flexibility index (Phi) is 3.29. The molecular weight excluding hydrogens is 222 g/mol. The summed E-state index contributed by atoms with van der Waals surface area (Å²) in [6.45, 7) is 6.48. The van der Waals surface area contributed by atoms with E-state index in [0.717, 1.165) is 24.9 Å². The number of hydrogen-bond donors (Lipinski definition) is 0. The van der Waals surface area contributed by atoms with E-state index >= 15 is 0 Å². The molecule has 2 nitrogen and oxygen atoms in total. The van der Waals surface area contributed by atoms with Crippen LogP contribution in [0.5, 0.6) is 5.75 Å². The van der Waals surface area contributed by atoms with Crippen LogP contribution in [0.3, 0.4) is 0 Å². The fourth-order valence-electron chi connectivity index (χ4n) is 3.36. The average molecular weight is 245 g/mol. The van der Waals surface area contributed by atoms with Crippen LogP contribution < -0.4 is 4.74 Å². The normalized spacial score (nSPS) is 25.6. The van der Waals surface area contributed by atoms with Gasteiger partial charge >= 0.3 is 0 Å². The van der Waals surface area contributed by atoms with Crippen LogP contribution in [-0.2, 0) is 6.54 Å². The van der Waals surface area contributed by atoms with Crippen LogP contribution in [0.1, 0.15) is 43.7 Å². The number of hydrogen-bond acceptors (Lipinski definition) is 2. The monoisotopic (exact) mass is 245 g/mol. The van der Waals surface area contributed by atoms with E-state index in [1.165, 1.54) is 36.8 Å². The molecule has 98 valence electrons. The molecule has 1 aromatic carbocycles. The summed E-state index contributed by atoms with van der Waals surface area (Å²) in [7, 11) is 0. The Morgan fingerprint density at radius 3 is 2.78 bits per heavy atom. The van der Waals surface area contributed by atoms with E-state index in [2.05, 4.69) is 36.9 Å². The molecule has 0 radical (unpaired) electrons. The van der Waals surface area contributed by atoms with Crippen LogP contribution in [0.15, 0.2) is 18.2 Å². The fraction of sp³-hybridized carbons (Fsp3) is 0.625. The third kappa shape index (κ3) is 2.39. The predicted molar refractivity (Wildman–Crippen MR) is 73.9 cm³/mol. The average Bonchev–Trinajstić information content (AvgIpc) is 2.80. The zero-order valence-corrected chi connectivity index (χ0v) is 11.5. The highest BCUT2D eigenvalue weighted by Crippen LogP contribution is 2.31. The SMILES string of the molecule is Cc1ccc2c(c1)CN(C1CCCC1)CC(C)O2. The summed E-state index contributed by atoms with van der Waals surface area (Å²) in [4.78, 5) is 2.64. The van der Waals surface area contributed by atoms with Gasteiger partial charge < -0.3 is 4.74 Å². The van der Waals surface area contributed by atoms with E-state index in [1.807, 2.05) is 0 Å². The first kappa shape index (κ1) is 12.0. The minimum Gasteiger partial charge on any atom is -0.489 e. The van der Waals surface area contributed by atoms with Gasteiger partial charge in [-0.05, 0) is 32.8 Å². The molecule has 18 heavy (non-hydrogen) atoms. The van der Waals surface area contributed by atoms with E-state index in [0.29, 0.717) is 6.10 Å². The molecule has 0 aromatic heterocycles. The van der Waals surface area contributed by atoms with E-state index in [9.17, 15) is 0 Å². The van der Waals surface area contributed by atoms with Crippen molar-refractivity contribution in [1.82, 2.24) is 4.90 Å². The number of rotatable bonds is 1. The molecule has 2 aliphatic rings. The third-order valence-electron chi connectivity index (χ3n) is 4.25. The van der Waals surface area contributed by atoms with Crippen molar-refractivity contribution >= 4 is 0 Å². The molecule has 0 amide bonds.